The van der Waals surface area contributed by atoms with E-state index in [0.29, 0.717) is 6.54 Å². The highest BCUT2D eigenvalue weighted by atomic mass is 127. The molecule has 7 heteroatoms. The van der Waals surface area contributed by atoms with E-state index < -0.39 is 0 Å². The molecule has 24 heavy (non-hydrogen) atoms. The minimum absolute atomic E-state index is 0. The van der Waals surface area contributed by atoms with Gasteiger partial charge >= 0.3 is 0 Å². The van der Waals surface area contributed by atoms with E-state index in [1.54, 1.807) is 6.26 Å². The van der Waals surface area contributed by atoms with Crippen molar-refractivity contribution < 1.29 is 4.42 Å². The van der Waals surface area contributed by atoms with Crippen LogP contribution in [0.1, 0.15) is 18.4 Å². The molecule has 0 radical (unpaired) electrons. The lowest BCUT2D eigenvalue weighted by atomic mass is 10.3. The molecule has 0 saturated heterocycles. The van der Waals surface area contributed by atoms with Crippen LogP contribution in [0.5, 0.6) is 0 Å². The highest BCUT2D eigenvalue weighted by Gasteiger charge is 2.02. The third-order valence-electron chi connectivity index (χ3n) is 3.35. The van der Waals surface area contributed by atoms with Gasteiger partial charge in [-0.1, -0.05) is 12.2 Å². The first kappa shape index (κ1) is 20.3. The van der Waals surface area contributed by atoms with E-state index in [9.17, 15) is 0 Å². The number of aromatic nitrogens is 2. The summed E-state index contributed by atoms with van der Waals surface area (Å²) in [4.78, 5) is 4.53. The molecule has 2 aromatic rings. The van der Waals surface area contributed by atoms with Crippen LogP contribution in [0.2, 0.25) is 0 Å². The van der Waals surface area contributed by atoms with Gasteiger partial charge in [-0.05, 0) is 25.1 Å². The summed E-state index contributed by atoms with van der Waals surface area (Å²) in [5.41, 5.74) is 2.22. The average Bonchev–Trinajstić information content (AvgIpc) is 3.16. The van der Waals surface area contributed by atoms with Crippen molar-refractivity contribution >= 4 is 29.9 Å². The summed E-state index contributed by atoms with van der Waals surface area (Å²) in [6.45, 7) is 8.04. The molecule has 0 spiro atoms. The van der Waals surface area contributed by atoms with Crippen molar-refractivity contribution in [3.8, 4) is 0 Å². The van der Waals surface area contributed by atoms with Crippen molar-refractivity contribution in [2.45, 2.75) is 19.8 Å². The number of furan rings is 1. The smallest absolute Gasteiger partial charge is 0.191 e. The predicted molar refractivity (Wildman–Crippen MR) is 108 cm³/mol. The SMILES string of the molecule is C=C(C)CN=C(NCCc1ccco1)NCCc1ccnn1C.I. The molecule has 0 atom stereocenters. The second-order valence-corrected chi connectivity index (χ2v) is 5.50. The topological polar surface area (TPSA) is 67.4 Å². The number of halogens is 1. The Bertz CT molecular complexity index is 633. The van der Waals surface area contributed by atoms with E-state index >= 15 is 0 Å². The van der Waals surface area contributed by atoms with Crippen LogP contribution in [0.3, 0.4) is 0 Å². The van der Waals surface area contributed by atoms with E-state index in [-0.39, 0.29) is 24.0 Å². The number of hydrogen-bond donors (Lipinski definition) is 2. The van der Waals surface area contributed by atoms with Gasteiger partial charge < -0.3 is 15.1 Å². The van der Waals surface area contributed by atoms with Crippen molar-refractivity contribution in [1.29, 1.82) is 0 Å². The highest BCUT2D eigenvalue weighted by Crippen LogP contribution is 1.99. The third kappa shape index (κ3) is 7.20. The molecule has 0 unspecified atom stereocenters. The van der Waals surface area contributed by atoms with Crippen LogP contribution in [0.4, 0.5) is 0 Å². The second kappa shape index (κ2) is 10.9. The molecule has 2 rings (SSSR count). The summed E-state index contributed by atoms with van der Waals surface area (Å²) >= 11 is 0. The molecule has 0 aliphatic rings. The number of aryl methyl sites for hydroxylation is 1. The lowest BCUT2D eigenvalue weighted by Gasteiger charge is -2.12. The number of rotatable bonds is 8. The van der Waals surface area contributed by atoms with Crippen molar-refractivity contribution in [1.82, 2.24) is 20.4 Å². The summed E-state index contributed by atoms with van der Waals surface area (Å²) in [6.07, 6.45) is 5.22. The predicted octanol–water partition coefficient (Wildman–Crippen LogP) is 2.53. The largest absolute Gasteiger partial charge is 0.469 e. The Hall–Kier alpha value is -1.77. The number of nitrogens with zero attached hydrogens (tertiary/aromatic N) is 3. The summed E-state index contributed by atoms with van der Waals surface area (Å²) in [5, 5.41) is 10.8. The van der Waals surface area contributed by atoms with Crippen molar-refractivity contribution in [2.75, 3.05) is 19.6 Å². The molecule has 2 aromatic heterocycles. The van der Waals surface area contributed by atoms with Gasteiger partial charge in [-0.3, -0.25) is 4.68 Å². The molecular weight excluding hydrogens is 417 g/mol. The van der Waals surface area contributed by atoms with Gasteiger partial charge in [0.1, 0.15) is 5.76 Å². The van der Waals surface area contributed by atoms with Crippen LogP contribution in [0.25, 0.3) is 0 Å². The molecule has 0 amide bonds. The van der Waals surface area contributed by atoms with Crippen LogP contribution in [0, 0.1) is 0 Å². The van der Waals surface area contributed by atoms with Gasteiger partial charge in [0.25, 0.3) is 0 Å². The molecular formula is C17H26IN5O. The van der Waals surface area contributed by atoms with Gasteiger partial charge in [-0.25, -0.2) is 4.99 Å². The Morgan fingerprint density at radius 2 is 2.04 bits per heavy atom. The average molecular weight is 443 g/mol. The number of guanidine groups is 1. The molecule has 0 saturated carbocycles. The molecule has 0 aliphatic heterocycles. The highest BCUT2D eigenvalue weighted by molar-refractivity contribution is 14.0. The summed E-state index contributed by atoms with van der Waals surface area (Å²) in [6, 6.07) is 5.90. The molecule has 0 aromatic carbocycles. The molecule has 2 N–H and O–H groups in total. The van der Waals surface area contributed by atoms with E-state index in [0.717, 1.165) is 43.2 Å². The standard InChI is InChI=1S/C17H25N5O.HI/c1-14(2)13-20-17(19-10-8-16-5-4-12-23-16)18-9-6-15-7-11-21-22(15)3;/h4-5,7,11-12H,1,6,8-10,13H2,2-3H3,(H2,18,19,20);1H. The third-order valence-corrected chi connectivity index (χ3v) is 3.35. The van der Waals surface area contributed by atoms with Crippen LogP contribution in [0.15, 0.2) is 52.2 Å². The summed E-state index contributed by atoms with van der Waals surface area (Å²) < 4.78 is 7.22. The van der Waals surface area contributed by atoms with Crippen LogP contribution >= 0.6 is 24.0 Å². The van der Waals surface area contributed by atoms with E-state index in [2.05, 4.69) is 27.3 Å². The van der Waals surface area contributed by atoms with Crippen molar-refractivity contribution in [2.24, 2.45) is 12.0 Å². The first-order valence-electron chi connectivity index (χ1n) is 7.81. The Kier molecular flexibility index (Phi) is 9.21. The Morgan fingerprint density at radius 1 is 1.29 bits per heavy atom. The van der Waals surface area contributed by atoms with Crippen molar-refractivity contribution in [3.63, 3.8) is 0 Å². The van der Waals surface area contributed by atoms with Crippen LogP contribution in [-0.4, -0.2) is 35.4 Å². The summed E-state index contributed by atoms with van der Waals surface area (Å²) in [5.74, 6) is 1.76. The zero-order chi connectivity index (χ0) is 16.5. The van der Waals surface area contributed by atoms with Gasteiger partial charge in [0.05, 0.1) is 12.8 Å². The quantitative estimate of drug-likeness (QED) is 0.285. The van der Waals surface area contributed by atoms with Gasteiger partial charge in [-0.15, -0.1) is 24.0 Å². The summed E-state index contributed by atoms with van der Waals surface area (Å²) in [7, 11) is 1.95. The van der Waals surface area contributed by atoms with Crippen LogP contribution < -0.4 is 10.6 Å². The minimum Gasteiger partial charge on any atom is -0.469 e. The number of aliphatic imine (C=N–C) groups is 1. The molecule has 0 bridgehead atoms. The number of hydrogen-bond acceptors (Lipinski definition) is 3. The lowest BCUT2D eigenvalue weighted by molar-refractivity contribution is 0.506. The maximum atomic E-state index is 5.33. The zero-order valence-corrected chi connectivity index (χ0v) is 16.6. The van der Waals surface area contributed by atoms with Crippen molar-refractivity contribution in [3.05, 3.63) is 54.3 Å². The van der Waals surface area contributed by atoms with Gasteiger partial charge in [-0.2, -0.15) is 5.10 Å². The molecule has 2 heterocycles. The normalized spacial score (nSPS) is 11.0. The fourth-order valence-corrected chi connectivity index (χ4v) is 2.10. The zero-order valence-electron chi connectivity index (χ0n) is 14.3. The first-order chi connectivity index (χ1) is 11.1. The fraction of sp³-hybridized carbons (Fsp3) is 0.412. The maximum absolute atomic E-state index is 5.33. The molecule has 6 nitrogen and oxygen atoms in total. The monoisotopic (exact) mass is 443 g/mol. The Balaban J connectivity index is 0.00000288. The lowest BCUT2D eigenvalue weighted by Crippen LogP contribution is -2.39. The Morgan fingerprint density at radius 3 is 2.62 bits per heavy atom. The van der Waals surface area contributed by atoms with E-state index in [1.165, 1.54) is 5.69 Å². The maximum Gasteiger partial charge on any atom is 0.191 e. The Labute approximate surface area is 160 Å². The van der Waals surface area contributed by atoms with Gasteiger partial charge in [0, 0.05) is 44.9 Å². The second-order valence-electron chi connectivity index (χ2n) is 5.50. The minimum atomic E-state index is 0. The van der Waals surface area contributed by atoms with Gasteiger partial charge in [0.2, 0.25) is 0 Å². The first-order valence-corrected chi connectivity index (χ1v) is 7.81. The fourth-order valence-electron chi connectivity index (χ4n) is 2.10. The van der Waals surface area contributed by atoms with Gasteiger partial charge in [0.15, 0.2) is 5.96 Å². The van der Waals surface area contributed by atoms with E-state index in [1.807, 2.05) is 43.0 Å². The number of nitrogens with one attached hydrogen (secondary N) is 2. The molecule has 0 aliphatic carbocycles. The molecule has 0 fully saturated rings. The van der Waals surface area contributed by atoms with E-state index in [4.69, 9.17) is 4.42 Å². The van der Waals surface area contributed by atoms with Crippen LogP contribution in [-0.2, 0) is 19.9 Å². The molecule has 132 valence electrons.